The first-order valence-electron chi connectivity index (χ1n) is 8.38. The average molecular weight is 363 g/mol. The fraction of sp³-hybridized carbons (Fsp3) is 0.750. The number of carbonyl (C=O) groups is 1. The van der Waals surface area contributed by atoms with Gasteiger partial charge in [-0.1, -0.05) is 0 Å². The zero-order valence-corrected chi connectivity index (χ0v) is 14.0. The predicted molar refractivity (Wildman–Crippen MR) is 86.8 cm³/mol. The number of piperazine rings is 1. The van der Waals surface area contributed by atoms with Gasteiger partial charge >= 0.3 is 6.18 Å². The van der Waals surface area contributed by atoms with Crippen LogP contribution in [-0.2, 0) is 4.79 Å². The highest BCUT2D eigenvalue weighted by molar-refractivity contribution is 6.14. The Labute approximate surface area is 144 Å². The lowest BCUT2D eigenvalue weighted by atomic mass is 9.87. The summed E-state index contributed by atoms with van der Waals surface area (Å²) >= 11 is 0. The second-order valence-corrected chi connectivity index (χ2v) is 6.37. The monoisotopic (exact) mass is 363 g/mol. The number of allylic oxidation sites excluding steroid dienone is 2. The Morgan fingerprint density at radius 2 is 1.72 bits per heavy atom. The van der Waals surface area contributed by atoms with Crippen molar-refractivity contribution in [1.29, 1.82) is 0 Å². The van der Waals surface area contributed by atoms with E-state index in [9.17, 15) is 23.1 Å². The van der Waals surface area contributed by atoms with Gasteiger partial charge in [-0.05, 0) is 0 Å². The number of rotatable bonds is 6. The van der Waals surface area contributed by atoms with Crippen LogP contribution < -0.4 is 0 Å². The Morgan fingerprint density at radius 1 is 1.12 bits per heavy atom. The summed E-state index contributed by atoms with van der Waals surface area (Å²) in [7, 11) is 0. The molecule has 1 aliphatic heterocycles. The molecule has 1 aliphatic carbocycles. The van der Waals surface area contributed by atoms with Crippen LogP contribution in [0.2, 0.25) is 0 Å². The molecule has 0 aromatic carbocycles. The first-order valence-corrected chi connectivity index (χ1v) is 8.38. The van der Waals surface area contributed by atoms with E-state index in [0.717, 1.165) is 26.2 Å². The third-order valence-electron chi connectivity index (χ3n) is 4.59. The molecule has 9 heteroatoms. The largest absolute Gasteiger partial charge is 0.511 e. The normalized spacial score (nSPS) is 24.5. The van der Waals surface area contributed by atoms with Crippen LogP contribution in [0.1, 0.15) is 12.8 Å². The number of halogens is 3. The van der Waals surface area contributed by atoms with Gasteiger partial charge in [0.2, 0.25) is 0 Å². The molecule has 25 heavy (non-hydrogen) atoms. The molecule has 6 nitrogen and oxygen atoms in total. The van der Waals surface area contributed by atoms with Crippen LogP contribution in [0.4, 0.5) is 13.2 Å². The smallest absolute Gasteiger partial charge is 0.392 e. The van der Waals surface area contributed by atoms with Crippen LogP contribution in [0.3, 0.4) is 0 Å². The predicted octanol–water partition coefficient (Wildman–Crippen LogP) is 1.02. The molecule has 0 aromatic heterocycles. The number of nitrogens with zero attached hydrogens (tertiary/aromatic N) is 3. The molecule has 2 N–H and O–H groups in total. The van der Waals surface area contributed by atoms with Crippen LogP contribution in [0, 0.1) is 5.92 Å². The molecule has 2 rings (SSSR count). The summed E-state index contributed by atoms with van der Waals surface area (Å²) in [5.74, 6) is -3.06. The zero-order valence-electron chi connectivity index (χ0n) is 14.0. The minimum Gasteiger partial charge on any atom is -0.511 e. The Bertz CT molecular complexity index is 526. The van der Waals surface area contributed by atoms with Gasteiger partial charge in [0, 0.05) is 58.3 Å². The van der Waals surface area contributed by atoms with E-state index >= 15 is 0 Å². The second kappa shape index (κ2) is 8.77. The molecule has 0 spiro atoms. The Hall–Kier alpha value is -1.45. The number of aliphatic imine (C=N–C) groups is 1. The van der Waals surface area contributed by atoms with Gasteiger partial charge in [0.1, 0.15) is 5.76 Å². The van der Waals surface area contributed by atoms with E-state index in [4.69, 9.17) is 5.11 Å². The van der Waals surface area contributed by atoms with Crippen LogP contribution in [0.15, 0.2) is 16.3 Å². The Kier molecular flexibility index (Phi) is 6.97. The Morgan fingerprint density at radius 3 is 2.24 bits per heavy atom. The van der Waals surface area contributed by atoms with Gasteiger partial charge in [-0.2, -0.15) is 13.2 Å². The molecular weight excluding hydrogens is 339 g/mol. The summed E-state index contributed by atoms with van der Waals surface area (Å²) in [6, 6.07) is 0. The lowest BCUT2D eigenvalue weighted by Gasteiger charge is -2.33. The van der Waals surface area contributed by atoms with Gasteiger partial charge in [-0.3, -0.25) is 19.6 Å². The van der Waals surface area contributed by atoms with E-state index in [0.29, 0.717) is 19.6 Å². The quantitative estimate of drug-likeness (QED) is 0.689. The molecule has 0 saturated carbocycles. The topological polar surface area (TPSA) is 76.4 Å². The minimum absolute atomic E-state index is 0.103. The molecular formula is C16H24F3N3O3. The van der Waals surface area contributed by atoms with Crippen LogP contribution in [0.25, 0.3) is 0 Å². The van der Waals surface area contributed by atoms with Crippen molar-refractivity contribution in [3.63, 3.8) is 0 Å². The van der Waals surface area contributed by atoms with Gasteiger partial charge < -0.3 is 10.2 Å². The average Bonchev–Trinajstić information content (AvgIpc) is 2.54. The molecule has 1 unspecified atom stereocenters. The molecule has 1 heterocycles. The second-order valence-electron chi connectivity index (χ2n) is 6.37. The van der Waals surface area contributed by atoms with Gasteiger partial charge in [0.05, 0.1) is 24.6 Å². The number of Topliss-reactive ketones (excluding diaryl/α,β-unsaturated/α-hetero) is 1. The van der Waals surface area contributed by atoms with E-state index in [1.807, 2.05) is 0 Å². The first kappa shape index (κ1) is 19.9. The zero-order chi connectivity index (χ0) is 18.4. The molecule has 1 saturated heterocycles. The maximum absolute atomic E-state index is 12.7. The van der Waals surface area contributed by atoms with Crippen molar-refractivity contribution in [3.05, 3.63) is 11.3 Å². The van der Waals surface area contributed by atoms with E-state index in [1.165, 1.54) is 6.21 Å². The third-order valence-corrected chi connectivity index (χ3v) is 4.59. The molecule has 0 amide bonds. The summed E-state index contributed by atoms with van der Waals surface area (Å²) in [5.41, 5.74) is -0.103. The van der Waals surface area contributed by atoms with Crippen molar-refractivity contribution >= 4 is 12.0 Å². The van der Waals surface area contributed by atoms with Crippen molar-refractivity contribution < 1.29 is 28.2 Å². The fourth-order valence-corrected chi connectivity index (χ4v) is 3.02. The maximum atomic E-state index is 12.7. The minimum atomic E-state index is -4.48. The molecule has 1 fully saturated rings. The summed E-state index contributed by atoms with van der Waals surface area (Å²) in [4.78, 5) is 20.3. The van der Waals surface area contributed by atoms with Crippen LogP contribution >= 0.6 is 0 Å². The van der Waals surface area contributed by atoms with Crippen molar-refractivity contribution in [2.75, 3.05) is 52.4 Å². The lowest BCUT2D eigenvalue weighted by Crippen LogP contribution is -2.47. The number of β-amino-alcohol motifs (C(OH)–C–C–N with tert-alkyl or cyclic N) is 1. The van der Waals surface area contributed by atoms with E-state index in [-0.39, 0.29) is 12.2 Å². The number of ketones is 1. The van der Waals surface area contributed by atoms with Gasteiger partial charge in [-0.25, -0.2) is 0 Å². The number of carbonyl (C=O) groups excluding carboxylic acids is 1. The van der Waals surface area contributed by atoms with Crippen molar-refractivity contribution in [2.45, 2.75) is 19.0 Å². The fourth-order valence-electron chi connectivity index (χ4n) is 3.02. The molecule has 2 aliphatic rings. The molecule has 1 atom stereocenters. The Balaban J connectivity index is 1.79. The highest BCUT2D eigenvalue weighted by Crippen LogP contribution is 2.37. The van der Waals surface area contributed by atoms with Crippen molar-refractivity contribution in [3.8, 4) is 0 Å². The highest BCUT2D eigenvalue weighted by Gasteiger charge is 2.44. The van der Waals surface area contributed by atoms with Crippen LogP contribution in [0.5, 0.6) is 0 Å². The number of hydrogen-bond acceptors (Lipinski definition) is 6. The molecule has 0 bridgehead atoms. The molecule has 142 valence electrons. The number of hydrogen-bond donors (Lipinski definition) is 2. The van der Waals surface area contributed by atoms with Gasteiger partial charge in [0.25, 0.3) is 0 Å². The van der Waals surface area contributed by atoms with Crippen molar-refractivity contribution in [2.24, 2.45) is 10.9 Å². The number of aliphatic hydroxyl groups excluding tert-OH is 2. The van der Waals surface area contributed by atoms with Gasteiger partial charge in [0.15, 0.2) is 5.78 Å². The number of alkyl halides is 3. The van der Waals surface area contributed by atoms with Gasteiger partial charge in [-0.15, -0.1) is 0 Å². The molecule has 0 aromatic rings. The van der Waals surface area contributed by atoms with Crippen LogP contribution in [-0.4, -0.2) is 90.6 Å². The third kappa shape index (κ3) is 5.79. The highest BCUT2D eigenvalue weighted by atomic mass is 19.4. The van der Waals surface area contributed by atoms with E-state index in [1.54, 1.807) is 0 Å². The SMILES string of the molecule is O=C1CC(C(F)(F)F)CC(O)=C1C=NCCN1CCN(CCO)CC1. The lowest BCUT2D eigenvalue weighted by molar-refractivity contribution is -0.180. The standard InChI is InChI=1S/C16H24F3N3O3/c17-16(18,19)12-9-14(24)13(15(25)10-12)11-20-1-2-21-3-5-22(6-4-21)7-8-23/h11-12,23-24H,1-10H2. The molecule has 0 radical (unpaired) electrons. The van der Waals surface area contributed by atoms with E-state index < -0.39 is 36.5 Å². The van der Waals surface area contributed by atoms with Crippen molar-refractivity contribution in [1.82, 2.24) is 9.80 Å². The summed E-state index contributed by atoms with van der Waals surface area (Å²) < 4.78 is 38.0. The summed E-state index contributed by atoms with van der Waals surface area (Å²) in [5, 5.41) is 18.6. The summed E-state index contributed by atoms with van der Waals surface area (Å²) in [6.45, 7) is 5.35. The first-order chi connectivity index (χ1) is 11.8. The number of aliphatic hydroxyl groups is 2. The van der Waals surface area contributed by atoms with E-state index in [2.05, 4.69) is 14.8 Å². The summed E-state index contributed by atoms with van der Waals surface area (Å²) in [6.07, 6.45) is -4.48. The maximum Gasteiger partial charge on any atom is 0.392 e.